The van der Waals surface area contributed by atoms with E-state index in [4.69, 9.17) is 0 Å². The fraction of sp³-hybridized carbons (Fsp3) is 0.400. The molecule has 1 aliphatic heterocycles. The van der Waals surface area contributed by atoms with Gasteiger partial charge in [0.1, 0.15) is 11.0 Å². The molecular weight excluding hydrogens is 330 g/mol. The molecule has 0 unspecified atom stereocenters. The van der Waals surface area contributed by atoms with Gasteiger partial charge in [0.05, 0.1) is 11.7 Å². The van der Waals surface area contributed by atoms with Crippen LogP contribution in [0.5, 0.6) is 0 Å². The van der Waals surface area contributed by atoms with Crippen molar-refractivity contribution in [2.45, 2.75) is 19.3 Å². The van der Waals surface area contributed by atoms with Gasteiger partial charge >= 0.3 is 11.8 Å². The maximum atomic E-state index is 11.9. The smallest absolute Gasteiger partial charge is 0.313 e. The molecular formula is C15H17N5O3S. The van der Waals surface area contributed by atoms with Crippen LogP contribution < -0.4 is 10.6 Å². The summed E-state index contributed by atoms with van der Waals surface area (Å²) in [4.78, 5) is 36.9. The Balaban J connectivity index is 1.42. The van der Waals surface area contributed by atoms with Gasteiger partial charge in [-0.1, -0.05) is 0 Å². The topological polar surface area (TPSA) is 104 Å². The van der Waals surface area contributed by atoms with Crippen LogP contribution in [0.1, 0.15) is 19.3 Å². The molecule has 1 aromatic carbocycles. The lowest BCUT2D eigenvalue weighted by Crippen LogP contribution is -2.37. The van der Waals surface area contributed by atoms with Crippen LogP contribution in [0.15, 0.2) is 18.2 Å². The van der Waals surface area contributed by atoms with E-state index >= 15 is 0 Å². The number of carbonyl (C=O) groups is 3. The molecule has 1 aromatic heterocycles. The van der Waals surface area contributed by atoms with Gasteiger partial charge in [-0.3, -0.25) is 14.4 Å². The van der Waals surface area contributed by atoms with Gasteiger partial charge in [-0.25, -0.2) is 0 Å². The van der Waals surface area contributed by atoms with E-state index in [0.717, 1.165) is 30.2 Å². The summed E-state index contributed by atoms with van der Waals surface area (Å²) in [6, 6.07) is 5.08. The molecule has 0 atom stereocenters. The molecule has 3 amide bonds. The molecule has 3 rings (SSSR count). The molecule has 1 fully saturated rings. The second-order valence-corrected chi connectivity index (χ2v) is 6.04. The number of hydrogen-bond donors (Lipinski definition) is 2. The second kappa shape index (κ2) is 7.35. The Hall–Kier alpha value is -2.55. The molecule has 9 heteroatoms. The van der Waals surface area contributed by atoms with E-state index in [-0.39, 0.29) is 5.91 Å². The average molecular weight is 347 g/mol. The quantitative estimate of drug-likeness (QED) is 0.614. The maximum Gasteiger partial charge on any atom is 0.313 e. The van der Waals surface area contributed by atoms with Crippen molar-refractivity contribution in [3.63, 3.8) is 0 Å². The summed E-state index contributed by atoms with van der Waals surface area (Å²) >= 11 is 1.09. The number of fused-ring (bicyclic) bond motifs is 1. The van der Waals surface area contributed by atoms with Crippen molar-refractivity contribution < 1.29 is 14.4 Å². The first kappa shape index (κ1) is 16.3. The highest BCUT2D eigenvalue weighted by Crippen LogP contribution is 2.16. The lowest BCUT2D eigenvalue weighted by molar-refractivity contribution is -0.136. The van der Waals surface area contributed by atoms with Crippen LogP contribution >= 0.6 is 11.7 Å². The normalized spacial score (nSPS) is 14.2. The van der Waals surface area contributed by atoms with Crippen LogP contribution in [0.25, 0.3) is 11.0 Å². The molecule has 1 saturated heterocycles. The van der Waals surface area contributed by atoms with Gasteiger partial charge in [0, 0.05) is 31.7 Å². The summed E-state index contributed by atoms with van der Waals surface area (Å²) in [6.07, 6.45) is 2.13. The molecule has 2 heterocycles. The van der Waals surface area contributed by atoms with Crippen LogP contribution in [-0.4, -0.2) is 51.0 Å². The number of aromatic nitrogens is 2. The molecule has 126 valence electrons. The van der Waals surface area contributed by atoms with Gasteiger partial charge in [-0.2, -0.15) is 8.75 Å². The van der Waals surface area contributed by atoms with E-state index in [9.17, 15) is 14.4 Å². The molecule has 0 aliphatic carbocycles. The van der Waals surface area contributed by atoms with E-state index in [2.05, 4.69) is 19.4 Å². The van der Waals surface area contributed by atoms with E-state index in [1.165, 1.54) is 0 Å². The Morgan fingerprint density at radius 2 is 2.04 bits per heavy atom. The monoisotopic (exact) mass is 347 g/mol. The number of amides is 3. The minimum Gasteiger partial charge on any atom is -0.348 e. The largest absolute Gasteiger partial charge is 0.348 e. The Morgan fingerprint density at radius 1 is 1.21 bits per heavy atom. The fourth-order valence-electron chi connectivity index (χ4n) is 2.54. The van der Waals surface area contributed by atoms with Crippen LogP contribution in [0.2, 0.25) is 0 Å². The third-order valence-corrected chi connectivity index (χ3v) is 4.34. The first-order chi connectivity index (χ1) is 11.6. The van der Waals surface area contributed by atoms with Crippen LogP contribution in [-0.2, 0) is 14.4 Å². The molecule has 0 bridgehead atoms. The van der Waals surface area contributed by atoms with Gasteiger partial charge in [-0.15, -0.1) is 0 Å². The Bertz CT molecular complexity index is 775. The molecule has 0 radical (unpaired) electrons. The van der Waals surface area contributed by atoms with Crippen LogP contribution in [0.3, 0.4) is 0 Å². The predicted octanol–water partition coefficient (Wildman–Crippen LogP) is 0.759. The van der Waals surface area contributed by atoms with Gasteiger partial charge in [0.25, 0.3) is 0 Å². The number of nitrogens with one attached hydrogen (secondary N) is 2. The van der Waals surface area contributed by atoms with Crippen molar-refractivity contribution in [2.24, 2.45) is 0 Å². The van der Waals surface area contributed by atoms with Gasteiger partial charge in [0.2, 0.25) is 5.91 Å². The lowest BCUT2D eigenvalue weighted by atomic mass is 10.2. The van der Waals surface area contributed by atoms with Gasteiger partial charge in [-0.05, 0) is 31.0 Å². The van der Waals surface area contributed by atoms with Gasteiger partial charge in [0.15, 0.2) is 0 Å². The summed E-state index contributed by atoms with van der Waals surface area (Å²) in [6.45, 7) is 1.74. The number of nitrogens with zero attached hydrogens (tertiary/aromatic N) is 3. The number of benzene rings is 1. The average Bonchev–Trinajstić information content (AvgIpc) is 3.19. The summed E-state index contributed by atoms with van der Waals surface area (Å²) in [5, 5.41) is 5.09. The van der Waals surface area contributed by atoms with Crippen molar-refractivity contribution in [3.05, 3.63) is 18.2 Å². The minimum atomic E-state index is -0.727. The molecule has 0 saturated carbocycles. The molecule has 0 spiro atoms. The third-order valence-electron chi connectivity index (χ3n) is 3.78. The minimum absolute atomic E-state index is 0.158. The summed E-state index contributed by atoms with van der Waals surface area (Å²) in [5.41, 5.74) is 1.92. The van der Waals surface area contributed by atoms with E-state index < -0.39 is 11.8 Å². The van der Waals surface area contributed by atoms with Crippen molar-refractivity contribution in [1.29, 1.82) is 0 Å². The molecule has 24 heavy (non-hydrogen) atoms. The third kappa shape index (κ3) is 3.85. The molecule has 2 aromatic rings. The number of likely N-dealkylation sites (tertiary alicyclic amines) is 1. The maximum absolute atomic E-state index is 11.9. The lowest BCUT2D eigenvalue weighted by Gasteiger charge is -2.15. The van der Waals surface area contributed by atoms with E-state index in [0.29, 0.717) is 37.1 Å². The summed E-state index contributed by atoms with van der Waals surface area (Å²) < 4.78 is 8.16. The van der Waals surface area contributed by atoms with E-state index in [1.54, 1.807) is 23.1 Å². The van der Waals surface area contributed by atoms with Crippen molar-refractivity contribution >= 4 is 46.2 Å². The number of rotatable bonds is 5. The zero-order valence-corrected chi connectivity index (χ0v) is 13.8. The van der Waals surface area contributed by atoms with Gasteiger partial charge < -0.3 is 15.5 Å². The zero-order chi connectivity index (χ0) is 16.9. The number of carbonyl (C=O) groups excluding carboxylic acids is 3. The van der Waals surface area contributed by atoms with Crippen molar-refractivity contribution in [3.8, 4) is 0 Å². The van der Waals surface area contributed by atoms with Crippen molar-refractivity contribution in [2.75, 3.05) is 25.0 Å². The highest BCUT2D eigenvalue weighted by molar-refractivity contribution is 7.00. The first-order valence-electron chi connectivity index (χ1n) is 7.73. The number of anilines is 1. The summed E-state index contributed by atoms with van der Waals surface area (Å²) in [7, 11) is 0. The first-order valence-corrected chi connectivity index (χ1v) is 8.46. The SMILES string of the molecule is O=C(NCCCN1CCCC1=O)C(=O)Nc1ccc2nsnc2c1. The summed E-state index contributed by atoms with van der Waals surface area (Å²) in [5.74, 6) is -1.26. The zero-order valence-electron chi connectivity index (χ0n) is 12.9. The standard InChI is InChI=1S/C15H17N5O3S/c21-13-3-1-7-20(13)8-2-6-16-14(22)15(23)17-10-4-5-11-12(9-10)19-24-18-11/h4-5,9H,1-3,6-8H2,(H,16,22)(H,17,23). The fourth-order valence-corrected chi connectivity index (χ4v) is 3.06. The van der Waals surface area contributed by atoms with E-state index in [1.807, 2.05) is 0 Å². The number of hydrogen-bond acceptors (Lipinski definition) is 6. The molecule has 8 nitrogen and oxygen atoms in total. The predicted molar refractivity (Wildman–Crippen MR) is 89.5 cm³/mol. The van der Waals surface area contributed by atoms with Crippen LogP contribution in [0.4, 0.5) is 5.69 Å². The second-order valence-electron chi connectivity index (χ2n) is 5.52. The van der Waals surface area contributed by atoms with Crippen LogP contribution in [0, 0.1) is 0 Å². The Labute approximate surface area is 142 Å². The molecule has 1 aliphatic rings. The Kier molecular flexibility index (Phi) is 4.99. The van der Waals surface area contributed by atoms with Crippen molar-refractivity contribution in [1.82, 2.24) is 19.0 Å². The molecule has 2 N–H and O–H groups in total. The highest BCUT2D eigenvalue weighted by Gasteiger charge is 2.19. The Morgan fingerprint density at radius 3 is 2.83 bits per heavy atom. The highest BCUT2D eigenvalue weighted by atomic mass is 32.1.